The van der Waals surface area contributed by atoms with Gasteiger partial charge < -0.3 is 14.2 Å². The van der Waals surface area contributed by atoms with Crippen LogP contribution in [0, 0.1) is 0 Å². The smallest absolute Gasteiger partial charge is 0.272 e. The van der Waals surface area contributed by atoms with Crippen molar-refractivity contribution in [2.75, 3.05) is 13.1 Å². The van der Waals surface area contributed by atoms with Crippen LogP contribution in [-0.4, -0.2) is 49.8 Å². The number of H-pyrrole nitrogens is 1. The largest absolute Gasteiger partial charge is 0.473 e. The van der Waals surface area contributed by atoms with Gasteiger partial charge in [-0.15, -0.1) is 0 Å². The van der Waals surface area contributed by atoms with Gasteiger partial charge in [-0.3, -0.25) is 14.7 Å². The molecule has 3 aromatic rings. The molecule has 1 amide bonds. The number of aromatic nitrogens is 4. The van der Waals surface area contributed by atoms with E-state index in [1.807, 2.05) is 31.7 Å². The zero-order chi connectivity index (χ0) is 21.3. The highest BCUT2D eigenvalue weighted by Crippen LogP contribution is 2.27. The first-order valence-corrected chi connectivity index (χ1v) is 10.4. The lowest BCUT2D eigenvalue weighted by molar-refractivity contribution is -0.130. The van der Waals surface area contributed by atoms with Gasteiger partial charge >= 0.3 is 0 Å². The number of aryl methyl sites for hydroxylation is 2. The molecule has 0 spiro atoms. The van der Waals surface area contributed by atoms with Gasteiger partial charge in [-0.1, -0.05) is 6.92 Å². The lowest BCUT2D eigenvalue weighted by atomic mass is 10.1. The van der Waals surface area contributed by atoms with E-state index < -0.39 is 0 Å². The Balaban J connectivity index is 1.36. The molecule has 0 radical (unpaired) electrons. The minimum atomic E-state index is -0.109. The van der Waals surface area contributed by atoms with Crippen molar-refractivity contribution in [1.82, 2.24) is 24.7 Å². The number of carbonyl (C=O) groups excluding carboxylic acids is 1. The van der Waals surface area contributed by atoms with Crippen LogP contribution in [0.5, 0.6) is 5.88 Å². The fourth-order valence-electron chi connectivity index (χ4n) is 3.79. The highest BCUT2D eigenvalue weighted by atomic mass is 16.5. The van der Waals surface area contributed by atoms with E-state index in [0.29, 0.717) is 49.6 Å². The number of likely N-dealkylation sites (tertiary alicyclic amines) is 1. The number of carbonyl (C=O) groups is 1. The summed E-state index contributed by atoms with van der Waals surface area (Å²) in [6, 6.07) is 5.21. The molecule has 1 aliphatic heterocycles. The second-order valence-electron chi connectivity index (χ2n) is 7.97. The van der Waals surface area contributed by atoms with Crippen LogP contribution >= 0.6 is 0 Å². The van der Waals surface area contributed by atoms with E-state index in [9.17, 15) is 9.59 Å². The average molecular weight is 413 g/mol. The van der Waals surface area contributed by atoms with E-state index in [1.54, 1.807) is 12.1 Å². The van der Waals surface area contributed by atoms with Crippen molar-refractivity contribution >= 4 is 11.6 Å². The van der Waals surface area contributed by atoms with E-state index in [4.69, 9.17) is 9.26 Å². The van der Waals surface area contributed by atoms with Gasteiger partial charge in [-0.2, -0.15) is 0 Å². The standard InChI is InChI=1S/C21H27N5O4/c1-4-15-9-21(28)26-18(22-15)11-17(23-26)14-7-8-25(12-14)20(27)6-5-16-10-19(24-30-16)29-13(2)3/h9-11,13-14,23H,4-8,12H2,1-3H3. The number of nitrogens with zero attached hydrogens (tertiary/aromatic N) is 4. The van der Waals surface area contributed by atoms with Crippen LogP contribution in [0.15, 0.2) is 27.5 Å². The predicted molar refractivity (Wildman–Crippen MR) is 110 cm³/mol. The van der Waals surface area contributed by atoms with Gasteiger partial charge in [0.05, 0.1) is 6.10 Å². The Morgan fingerprint density at radius 2 is 2.20 bits per heavy atom. The molecule has 1 saturated heterocycles. The quantitative estimate of drug-likeness (QED) is 0.637. The van der Waals surface area contributed by atoms with Gasteiger partial charge in [0, 0.05) is 61.4 Å². The van der Waals surface area contributed by atoms with Gasteiger partial charge in [-0.05, 0) is 31.8 Å². The monoisotopic (exact) mass is 413 g/mol. The zero-order valence-corrected chi connectivity index (χ0v) is 17.6. The number of ether oxygens (including phenoxy) is 1. The van der Waals surface area contributed by atoms with Crippen molar-refractivity contribution in [3.05, 3.63) is 45.7 Å². The second-order valence-corrected chi connectivity index (χ2v) is 7.97. The topological polar surface area (TPSA) is 106 Å². The molecule has 9 heteroatoms. The molecule has 1 fully saturated rings. The van der Waals surface area contributed by atoms with Gasteiger partial charge in [0.1, 0.15) is 5.76 Å². The summed E-state index contributed by atoms with van der Waals surface area (Å²) in [5.41, 5.74) is 2.24. The summed E-state index contributed by atoms with van der Waals surface area (Å²) in [5.74, 6) is 1.33. The number of rotatable bonds is 7. The fourth-order valence-corrected chi connectivity index (χ4v) is 3.79. The van der Waals surface area contributed by atoms with Crippen molar-refractivity contribution in [2.45, 2.75) is 58.5 Å². The van der Waals surface area contributed by atoms with Crippen LogP contribution in [-0.2, 0) is 17.6 Å². The first kappa shape index (κ1) is 20.2. The molecule has 30 heavy (non-hydrogen) atoms. The lowest BCUT2D eigenvalue weighted by Gasteiger charge is -2.15. The number of nitrogens with one attached hydrogen (secondary N) is 1. The van der Waals surface area contributed by atoms with Crippen LogP contribution in [0.1, 0.15) is 56.7 Å². The third-order valence-electron chi connectivity index (χ3n) is 5.35. The molecule has 0 bridgehead atoms. The zero-order valence-electron chi connectivity index (χ0n) is 17.6. The van der Waals surface area contributed by atoms with Crippen molar-refractivity contribution < 1.29 is 14.1 Å². The Morgan fingerprint density at radius 3 is 2.97 bits per heavy atom. The van der Waals surface area contributed by atoms with Gasteiger partial charge in [0.15, 0.2) is 5.65 Å². The fraction of sp³-hybridized carbons (Fsp3) is 0.524. The molecule has 0 saturated carbocycles. The highest BCUT2D eigenvalue weighted by Gasteiger charge is 2.28. The highest BCUT2D eigenvalue weighted by molar-refractivity contribution is 5.76. The van der Waals surface area contributed by atoms with E-state index in [0.717, 1.165) is 17.8 Å². The molecule has 9 nitrogen and oxygen atoms in total. The van der Waals surface area contributed by atoms with Crippen LogP contribution in [0.4, 0.5) is 0 Å². The summed E-state index contributed by atoms with van der Waals surface area (Å²) in [6.45, 7) is 7.13. The van der Waals surface area contributed by atoms with Crippen LogP contribution in [0.3, 0.4) is 0 Å². The maximum atomic E-state index is 12.6. The third-order valence-corrected chi connectivity index (χ3v) is 5.35. The van der Waals surface area contributed by atoms with E-state index in [1.165, 1.54) is 4.52 Å². The number of hydrogen-bond donors (Lipinski definition) is 1. The van der Waals surface area contributed by atoms with Crippen molar-refractivity contribution in [3.8, 4) is 5.88 Å². The normalized spacial score (nSPS) is 16.7. The summed E-state index contributed by atoms with van der Waals surface area (Å²) in [5, 5.41) is 7.02. The Hall–Kier alpha value is -3.10. The predicted octanol–water partition coefficient (Wildman–Crippen LogP) is 2.31. The maximum absolute atomic E-state index is 12.6. The van der Waals surface area contributed by atoms with Crippen molar-refractivity contribution in [3.63, 3.8) is 0 Å². The Morgan fingerprint density at radius 1 is 1.37 bits per heavy atom. The minimum Gasteiger partial charge on any atom is -0.473 e. The molecule has 1 unspecified atom stereocenters. The molecule has 0 aliphatic carbocycles. The molecule has 3 aromatic heterocycles. The summed E-state index contributed by atoms with van der Waals surface area (Å²) in [7, 11) is 0. The lowest BCUT2D eigenvalue weighted by Crippen LogP contribution is -2.28. The van der Waals surface area contributed by atoms with Crippen LogP contribution in [0.2, 0.25) is 0 Å². The molecular formula is C21H27N5O4. The molecular weight excluding hydrogens is 386 g/mol. The summed E-state index contributed by atoms with van der Waals surface area (Å²) >= 11 is 0. The van der Waals surface area contributed by atoms with Gasteiger partial charge in [-0.25, -0.2) is 9.50 Å². The second kappa shape index (κ2) is 8.33. The Labute approximate surface area is 174 Å². The average Bonchev–Trinajstić information content (AvgIpc) is 3.44. The van der Waals surface area contributed by atoms with E-state index in [2.05, 4.69) is 15.2 Å². The summed E-state index contributed by atoms with van der Waals surface area (Å²) in [4.78, 5) is 31.3. The number of amides is 1. The first-order valence-electron chi connectivity index (χ1n) is 10.4. The van der Waals surface area contributed by atoms with Crippen molar-refractivity contribution in [2.24, 2.45) is 0 Å². The molecule has 0 aromatic carbocycles. The van der Waals surface area contributed by atoms with Crippen LogP contribution in [0.25, 0.3) is 5.65 Å². The minimum absolute atomic E-state index is 0.0235. The SMILES string of the molecule is CCc1cc(=O)n2[nH]c(C3CCN(C(=O)CCc4cc(OC(C)C)no4)C3)cc2n1. The molecule has 4 heterocycles. The molecule has 4 rings (SSSR count). The van der Waals surface area contributed by atoms with Crippen LogP contribution < -0.4 is 10.3 Å². The van der Waals surface area contributed by atoms with Crippen molar-refractivity contribution in [1.29, 1.82) is 0 Å². The molecule has 1 atom stereocenters. The summed E-state index contributed by atoms with van der Waals surface area (Å²) < 4.78 is 12.2. The number of fused-ring (bicyclic) bond motifs is 1. The molecule has 1 aliphatic rings. The number of hydrogen-bond acceptors (Lipinski definition) is 6. The van der Waals surface area contributed by atoms with Gasteiger partial charge in [0.25, 0.3) is 11.4 Å². The van der Waals surface area contributed by atoms with E-state index >= 15 is 0 Å². The van der Waals surface area contributed by atoms with Gasteiger partial charge in [0.2, 0.25) is 5.91 Å². The summed E-state index contributed by atoms with van der Waals surface area (Å²) in [6.07, 6.45) is 2.43. The third kappa shape index (κ3) is 4.24. The molecule has 160 valence electrons. The number of aromatic amines is 1. The van der Waals surface area contributed by atoms with E-state index in [-0.39, 0.29) is 23.5 Å². The maximum Gasteiger partial charge on any atom is 0.272 e. The Kier molecular flexibility index (Phi) is 5.61. The molecule has 1 N–H and O–H groups in total. The Bertz CT molecular complexity index is 1100. The first-order chi connectivity index (χ1) is 14.4.